The van der Waals surface area contributed by atoms with Crippen molar-refractivity contribution in [3.05, 3.63) is 95.6 Å². The maximum atomic E-state index is 12.2. The lowest BCUT2D eigenvalue weighted by Gasteiger charge is -2.08. The van der Waals surface area contributed by atoms with Crippen LogP contribution in [0.3, 0.4) is 0 Å². The minimum Gasteiger partial charge on any atom is -0.507 e. The Hall–Kier alpha value is -3.07. The molecular formula is C24H26O3. The summed E-state index contributed by atoms with van der Waals surface area (Å²) in [6.45, 7) is 4.78. The van der Waals surface area contributed by atoms with Gasteiger partial charge in [0.2, 0.25) is 0 Å². The van der Waals surface area contributed by atoms with Crippen molar-refractivity contribution in [2.75, 3.05) is 6.61 Å². The highest BCUT2D eigenvalue weighted by Gasteiger charge is 2.13. The fourth-order valence-corrected chi connectivity index (χ4v) is 2.41. The predicted molar refractivity (Wildman–Crippen MR) is 110 cm³/mol. The number of phenols is 1. The molecule has 3 heteroatoms. The molecule has 0 aliphatic heterocycles. The second kappa shape index (κ2) is 10.8. The Kier molecular flexibility index (Phi) is 8.11. The van der Waals surface area contributed by atoms with Gasteiger partial charge in [-0.3, -0.25) is 4.79 Å². The highest BCUT2D eigenvalue weighted by molar-refractivity contribution is 6.10. The number of hydrogen-bond acceptors (Lipinski definition) is 3. The molecule has 3 rings (SSSR count). The highest BCUT2D eigenvalue weighted by atomic mass is 16.5. The van der Waals surface area contributed by atoms with Crippen LogP contribution in [-0.4, -0.2) is 17.5 Å². The number of ether oxygens (including phenoxy) is 1. The number of phenolic OH excluding ortho intramolecular Hbond substituents is 1. The first-order valence-electron chi connectivity index (χ1n) is 9.19. The van der Waals surface area contributed by atoms with E-state index in [9.17, 15) is 9.90 Å². The molecule has 0 unspecified atom stereocenters. The fourth-order valence-electron chi connectivity index (χ4n) is 2.41. The zero-order chi connectivity index (χ0) is 19.5. The van der Waals surface area contributed by atoms with E-state index in [2.05, 4.69) is 26.0 Å². The standard InChI is InChI=1S/C17H18O3.C7H8/c1-2-3-11-20-14-9-10-15(16(18)12-14)17(19)13-7-5-4-6-8-13;1-7-5-3-2-4-6-7/h4-10,12,18H,2-3,11H2,1H3;2-6H,1H3. The molecule has 0 fully saturated rings. The monoisotopic (exact) mass is 362 g/mol. The lowest BCUT2D eigenvalue weighted by atomic mass is 10.0. The topological polar surface area (TPSA) is 46.5 Å². The van der Waals surface area contributed by atoms with Gasteiger partial charge >= 0.3 is 0 Å². The second-order valence-electron chi connectivity index (χ2n) is 6.23. The minimum atomic E-state index is -0.191. The lowest BCUT2D eigenvalue weighted by Crippen LogP contribution is -2.02. The van der Waals surface area contributed by atoms with Gasteiger partial charge in [0.15, 0.2) is 5.78 Å². The van der Waals surface area contributed by atoms with Crippen molar-refractivity contribution < 1.29 is 14.6 Å². The van der Waals surface area contributed by atoms with Crippen LogP contribution < -0.4 is 4.74 Å². The number of aromatic hydroxyl groups is 1. The van der Waals surface area contributed by atoms with E-state index in [1.165, 1.54) is 11.6 Å². The van der Waals surface area contributed by atoms with E-state index in [4.69, 9.17) is 4.74 Å². The van der Waals surface area contributed by atoms with Crippen molar-refractivity contribution in [2.24, 2.45) is 0 Å². The number of carbonyl (C=O) groups excluding carboxylic acids is 1. The summed E-state index contributed by atoms with van der Waals surface area (Å²) in [5, 5.41) is 9.98. The maximum absolute atomic E-state index is 12.2. The summed E-state index contributed by atoms with van der Waals surface area (Å²) >= 11 is 0. The summed E-state index contributed by atoms with van der Waals surface area (Å²) in [7, 11) is 0. The summed E-state index contributed by atoms with van der Waals surface area (Å²) in [4.78, 5) is 12.2. The van der Waals surface area contributed by atoms with Gasteiger partial charge in [0.25, 0.3) is 0 Å². The molecule has 3 aromatic carbocycles. The molecule has 140 valence electrons. The van der Waals surface area contributed by atoms with Crippen molar-refractivity contribution in [1.82, 2.24) is 0 Å². The first kappa shape index (κ1) is 20.2. The van der Waals surface area contributed by atoms with Crippen molar-refractivity contribution in [3.63, 3.8) is 0 Å². The quantitative estimate of drug-likeness (QED) is 0.445. The Morgan fingerprint density at radius 1 is 0.926 bits per heavy atom. The van der Waals surface area contributed by atoms with Crippen LogP contribution in [0.4, 0.5) is 0 Å². The predicted octanol–water partition coefficient (Wildman–Crippen LogP) is 5.80. The maximum Gasteiger partial charge on any atom is 0.196 e. The summed E-state index contributed by atoms with van der Waals surface area (Å²) in [5.41, 5.74) is 2.17. The van der Waals surface area contributed by atoms with Crippen LogP contribution in [-0.2, 0) is 0 Å². The summed E-state index contributed by atoms with van der Waals surface area (Å²) in [6, 6.07) is 24.0. The van der Waals surface area contributed by atoms with Crippen molar-refractivity contribution >= 4 is 5.78 Å². The lowest BCUT2D eigenvalue weighted by molar-refractivity contribution is 0.103. The molecular weight excluding hydrogens is 336 g/mol. The zero-order valence-corrected chi connectivity index (χ0v) is 15.9. The number of carbonyl (C=O) groups is 1. The van der Waals surface area contributed by atoms with Crippen molar-refractivity contribution in [2.45, 2.75) is 26.7 Å². The number of benzene rings is 3. The number of unbranched alkanes of at least 4 members (excludes halogenated alkanes) is 1. The van der Waals surface area contributed by atoms with Gasteiger partial charge in [-0.15, -0.1) is 0 Å². The third kappa shape index (κ3) is 6.63. The van der Waals surface area contributed by atoms with Crippen LogP contribution in [0.25, 0.3) is 0 Å². The first-order valence-corrected chi connectivity index (χ1v) is 9.19. The average molecular weight is 362 g/mol. The van der Waals surface area contributed by atoms with Crippen LogP contribution in [0.2, 0.25) is 0 Å². The van der Waals surface area contributed by atoms with Crippen LogP contribution in [0.15, 0.2) is 78.9 Å². The molecule has 0 atom stereocenters. The zero-order valence-electron chi connectivity index (χ0n) is 15.9. The minimum absolute atomic E-state index is 0.0483. The molecule has 0 aliphatic rings. The number of hydrogen-bond donors (Lipinski definition) is 1. The Labute approximate surface area is 161 Å². The molecule has 0 spiro atoms. The Balaban J connectivity index is 0.000000313. The Morgan fingerprint density at radius 3 is 2.07 bits per heavy atom. The fraction of sp³-hybridized carbons (Fsp3) is 0.208. The van der Waals surface area contributed by atoms with Gasteiger partial charge in [0.1, 0.15) is 11.5 Å². The Morgan fingerprint density at radius 2 is 1.56 bits per heavy atom. The van der Waals surface area contributed by atoms with E-state index in [0.29, 0.717) is 23.5 Å². The average Bonchev–Trinajstić information content (AvgIpc) is 2.70. The van der Waals surface area contributed by atoms with Crippen molar-refractivity contribution in [3.8, 4) is 11.5 Å². The van der Waals surface area contributed by atoms with Crippen LogP contribution >= 0.6 is 0 Å². The van der Waals surface area contributed by atoms with Gasteiger partial charge < -0.3 is 9.84 Å². The smallest absolute Gasteiger partial charge is 0.196 e. The summed E-state index contributed by atoms with van der Waals surface area (Å²) < 4.78 is 5.50. The van der Waals surface area contributed by atoms with E-state index in [0.717, 1.165) is 12.8 Å². The van der Waals surface area contributed by atoms with Gasteiger partial charge in [-0.2, -0.15) is 0 Å². The normalized spacial score (nSPS) is 9.85. The van der Waals surface area contributed by atoms with E-state index in [1.807, 2.05) is 24.3 Å². The molecule has 3 aromatic rings. The molecule has 0 heterocycles. The van der Waals surface area contributed by atoms with E-state index < -0.39 is 0 Å². The van der Waals surface area contributed by atoms with Gasteiger partial charge in [0, 0.05) is 11.6 Å². The molecule has 0 amide bonds. The van der Waals surface area contributed by atoms with E-state index in [1.54, 1.807) is 36.4 Å². The molecule has 0 aliphatic carbocycles. The summed E-state index contributed by atoms with van der Waals surface area (Å²) in [5.74, 6) is 0.344. The third-order valence-corrected chi connectivity index (χ3v) is 3.96. The van der Waals surface area contributed by atoms with Crippen LogP contribution in [0, 0.1) is 6.92 Å². The number of ketones is 1. The molecule has 27 heavy (non-hydrogen) atoms. The van der Waals surface area contributed by atoms with Gasteiger partial charge in [0.05, 0.1) is 12.2 Å². The molecule has 3 nitrogen and oxygen atoms in total. The number of rotatable bonds is 6. The Bertz CT molecular complexity index is 827. The highest BCUT2D eigenvalue weighted by Crippen LogP contribution is 2.26. The second-order valence-corrected chi connectivity index (χ2v) is 6.23. The molecule has 0 bridgehead atoms. The van der Waals surface area contributed by atoms with Gasteiger partial charge in [-0.25, -0.2) is 0 Å². The van der Waals surface area contributed by atoms with E-state index >= 15 is 0 Å². The largest absolute Gasteiger partial charge is 0.507 e. The molecule has 0 saturated carbocycles. The molecule has 0 radical (unpaired) electrons. The SMILES string of the molecule is CCCCOc1ccc(C(=O)c2ccccc2)c(O)c1.Cc1ccccc1. The molecule has 0 saturated heterocycles. The number of aryl methyl sites for hydroxylation is 1. The molecule has 0 aromatic heterocycles. The van der Waals surface area contributed by atoms with Crippen LogP contribution in [0.5, 0.6) is 11.5 Å². The van der Waals surface area contributed by atoms with Crippen molar-refractivity contribution in [1.29, 1.82) is 0 Å². The van der Waals surface area contributed by atoms with Crippen LogP contribution in [0.1, 0.15) is 41.3 Å². The first-order chi connectivity index (χ1) is 13.1. The van der Waals surface area contributed by atoms with Gasteiger partial charge in [-0.05, 0) is 25.5 Å². The summed E-state index contributed by atoms with van der Waals surface area (Å²) in [6.07, 6.45) is 2.02. The molecule has 1 N–H and O–H groups in total. The van der Waals surface area contributed by atoms with E-state index in [-0.39, 0.29) is 11.5 Å². The third-order valence-electron chi connectivity index (χ3n) is 3.96. The van der Waals surface area contributed by atoms with Gasteiger partial charge in [-0.1, -0.05) is 79.6 Å².